The maximum absolute atomic E-state index is 13.2. The first kappa shape index (κ1) is 21.5. The molecule has 170 valence electrons. The number of imidazole rings is 1. The third-order valence-electron chi connectivity index (χ3n) is 5.42. The Balaban J connectivity index is 1.47. The second-order valence-corrected chi connectivity index (χ2v) is 8.34. The number of carbonyl (C=O) groups is 1. The molecule has 0 saturated carbocycles. The summed E-state index contributed by atoms with van der Waals surface area (Å²) in [7, 11) is 0. The molecule has 5 rings (SSSR count). The second-order valence-electron chi connectivity index (χ2n) is 7.50. The van der Waals surface area contributed by atoms with Crippen LogP contribution in [0.1, 0.15) is 12.5 Å². The lowest BCUT2D eigenvalue weighted by molar-refractivity contribution is -0.115. The SMILES string of the molecule is CCn1c(N)c(-c2ncc[nH]2)c(=O)c2ccc(-c3ccc(CC(=O)Nc4nncs4)cc3)nc21. The van der Waals surface area contributed by atoms with E-state index in [4.69, 9.17) is 10.7 Å². The van der Waals surface area contributed by atoms with Crippen LogP contribution in [0.15, 0.2) is 59.1 Å². The largest absolute Gasteiger partial charge is 0.384 e. The molecular formula is C23H20N8O2S. The van der Waals surface area contributed by atoms with Crippen molar-refractivity contribution >= 4 is 39.2 Å². The van der Waals surface area contributed by atoms with Gasteiger partial charge in [-0.2, -0.15) is 0 Å². The number of carbonyl (C=O) groups excluding carboxylic acids is 1. The highest BCUT2D eigenvalue weighted by molar-refractivity contribution is 7.13. The molecule has 4 heterocycles. The van der Waals surface area contributed by atoms with Gasteiger partial charge in [0.1, 0.15) is 28.4 Å². The van der Waals surface area contributed by atoms with Crippen LogP contribution in [-0.2, 0) is 17.8 Å². The predicted octanol–water partition coefficient (Wildman–Crippen LogP) is 3.09. The molecule has 0 aliphatic carbocycles. The molecule has 1 aromatic carbocycles. The van der Waals surface area contributed by atoms with Crippen LogP contribution < -0.4 is 16.5 Å². The van der Waals surface area contributed by atoms with E-state index < -0.39 is 0 Å². The Morgan fingerprint density at radius 1 is 1.21 bits per heavy atom. The topological polar surface area (TPSA) is 144 Å². The number of rotatable bonds is 6. The van der Waals surface area contributed by atoms with Gasteiger partial charge in [0.25, 0.3) is 0 Å². The first-order valence-electron chi connectivity index (χ1n) is 10.5. The number of aromatic amines is 1. The fourth-order valence-corrected chi connectivity index (χ4v) is 4.27. The van der Waals surface area contributed by atoms with Crippen molar-refractivity contribution < 1.29 is 4.79 Å². The smallest absolute Gasteiger partial charge is 0.230 e. The number of H-pyrrole nitrogens is 1. The van der Waals surface area contributed by atoms with Crippen molar-refractivity contribution in [3.8, 4) is 22.6 Å². The zero-order valence-corrected chi connectivity index (χ0v) is 19.0. The van der Waals surface area contributed by atoms with Crippen molar-refractivity contribution in [1.82, 2.24) is 29.7 Å². The summed E-state index contributed by atoms with van der Waals surface area (Å²) in [5, 5.41) is 11.2. The lowest BCUT2D eigenvalue weighted by Crippen LogP contribution is -2.18. The van der Waals surface area contributed by atoms with Crippen molar-refractivity contribution in [2.75, 3.05) is 11.1 Å². The van der Waals surface area contributed by atoms with Crippen LogP contribution in [0.3, 0.4) is 0 Å². The number of fused-ring (bicyclic) bond motifs is 1. The molecule has 5 aromatic rings. The molecule has 0 saturated heterocycles. The second kappa shape index (κ2) is 8.87. The average molecular weight is 473 g/mol. The van der Waals surface area contributed by atoms with Crippen molar-refractivity contribution in [2.45, 2.75) is 19.9 Å². The number of anilines is 2. The molecule has 0 fully saturated rings. The van der Waals surface area contributed by atoms with Gasteiger partial charge in [-0.3, -0.25) is 9.59 Å². The third kappa shape index (κ3) is 3.92. The molecule has 4 N–H and O–H groups in total. The molecule has 11 heteroatoms. The Bertz CT molecular complexity index is 1520. The Morgan fingerprint density at radius 3 is 2.71 bits per heavy atom. The van der Waals surface area contributed by atoms with Gasteiger partial charge in [-0.15, -0.1) is 10.2 Å². The number of benzene rings is 1. The summed E-state index contributed by atoms with van der Waals surface area (Å²) < 4.78 is 1.81. The van der Waals surface area contributed by atoms with Gasteiger partial charge in [-0.1, -0.05) is 35.6 Å². The number of nitrogens with zero attached hydrogens (tertiary/aromatic N) is 5. The number of hydrogen-bond acceptors (Lipinski definition) is 8. The molecule has 0 spiro atoms. The van der Waals surface area contributed by atoms with Gasteiger partial charge in [-0.25, -0.2) is 9.97 Å². The van der Waals surface area contributed by atoms with E-state index in [9.17, 15) is 9.59 Å². The van der Waals surface area contributed by atoms with Gasteiger partial charge in [0.15, 0.2) is 0 Å². The minimum Gasteiger partial charge on any atom is -0.384 e. The molecule has 0 bridgehead atoms. The summed E-state index contributed by atoms with van der Waals surface area (Å²) in [6, 6.07) is 11.1. The number of nitrogens with two attached hydrogens (primary N) is 1. The average Bonchev–Trinajstić information content (AvgIpc) is 3.54. The molecule has 34 heavy (non-hydrogen) atoms. The highest BCUT2D eigenvalue weighted by atomic mass is 32.1. The Labute approximate surface area is 197 Å². The maximum atomic E-state index is 13.2. The maximum Gasteiger partial charge on any atom is 0.230 e. The van der Waals surface area contributed by atoms with E-state index in [-0.39, 0.29) is 17.8 Å². The number of aromatic nitrogens is 6. The molecule has 1 amide bonds. The number of amides is 1. The van der Waals surface area contributed by atoms with E-state index in [0.717, 1.165) is 11.1 Å². The quantitative estimate of drug-likeness (QED) is 0.344. The van der Waals surface area contributed by atoms with Crippen molar-refractivity contribution in [1.29, 1.82) is 0 Å². The highest BCUT2D eigenvalue weighted by Crippen LogP contribution is 2.26. The predicted molar refractivity (Wildman–Crippen MR) is 131 cm³/mol. The lowest BCUT2D eigenvalue weighted by Gasteiger charge is -2.15. The molecule has 0 unspecified atom stereocenters. The van der Waals surface area contributed by atoms with E-state index in [1.54, 1.807) is 24.0 Å². The Kier molecular flexibility index (Phi) is 5.60. The van der Waals surface area contributed by atoms with Crippen molar-refractivity contribution in [3.63, 3.8) is 0 Å². The molecule has 0 atom stereocenters. The van der Waals surface area contributed by atoms with E-state index in [1.807, 2.05) is 41.8 Å². The first-order chi connectivity index (χ1) is 16.5. The van der Waals surface area contributed by atoms with Crippen molar-refractivity contribution in [2.24, 2.45) is 0 Å². The van der Waals surface area contributed by atoms with Gasteiger partial charge in [0.05, 0.1) is 17.5 Å². The minimum absolute atomic E-state index is 0.164. The van der Waals surface area contributed by atoms with E-state index in [0.29, 0.717) is 45.6 Å². The van der Waals surface area contributed by atoms with Gasteiger partial charge >= 0.3 is 0 Å². The zero-order chi connectivity index (χ0) is 23.7. The minimum atomic E-state index is -0.219. The number of nitrogen functional groups attached to an aromatic ring is 1. The summed E-state index contributed by atoms with van der Waals surface area (Å²) in [6.07, 6.45) is 3.45. The monoisotopic (exact) mass is 472 g/mol. The van der Waals surface area contributed by atoms with Gasteiger partial charge in [0.2, 0.25) is 16.5 Å². The van der Waals surface area contributed by atoms with Crippen LogP contribution in [0.2, 0.25) is 0 Å². The van der Waals surface area contributed by atoms with E-state index >= 15 is 0 Å². The lowest BCUT2D eigenvalue weighted by atomic mass is 10.1. The van der Waals surface area contributed by atoms with Crippen LogP contribution in [0.5, 0.6) is 0 Å². The number of hydrogen-bond donors (Lipinski definition) is 3. The van der Waals surface area contributed by atoms with E-state index in [1.165, 1.54) is 11.3 Å². The van der Waals surface area contributed by atoms with Crippen LogP contribution in [0, 0.1) is 0 Å². The standard InChI is InChI=1S/C23H20N8O2S/c1-2-31-20(24)18(21-25-9-10-26-21)19(33)15-7-8-16(28-22(15)31)14-5-3-13(4-6-14)11-17(32)29-23-30-27-12-34-23/h3-10,12H,2,11,24H2,1H3,(H,25,26)(H,29,30,32). The van der Waals surface area contributed by atoms with Crippen LogP contribution in [0.4, 0.5) is 10.9 Å². The number of pyridine rings is 2. The Morgan fingerprint density at radius 2 is 2.03 bits per heavy atom. The van der Waals surface area contributed by atoms with Crippen LogP contribution in [0.25, 0.3) is 33.7 Å². The normalized spacial score (nSPS) is 11.1. The summed E-state index contributed by atoms with van der Waals surface area (Å²) in [5.41, 5.74) is 11.0. The summed E-state index contributed by atoms with van der Waals surface area (Å²) in [5.74, 6) is 0.584. The first-order valence-corrected chi connectivity index (χ1v) is 11.4. The molecule has 4 aromatic heterocycles. The van der Waals surface area contributed by atoms with Gasteiger partial charge < -0.3 is 20.6 Å². The number of nitrogens with one attached hydrogen (secondary N) is 2. The molecular weight excluding hydrogens is 452 g/mol. The molecule has 0 aliphatic rings. The van der Waals surface area contributed by atoms with Gasteiger partial charge in [-0.05, 0) is 24.6 Å². The molecule has 0 radical (unpaired) electrons. The molecule has 10 nitrogen and oxygen atoms in total. The fraction of sp³-hybridized carbons (Fsp3) is 0.130. The fourth-order valence-electron chi connectivity index (χ4n) is 3.81. The molecule has 0 aliphatic heterocycles. The Hall–Kier alpha value is -4.38. The van der Waals surface area contributed by atoms with Crippen LogP contribution >= 0.6 is 11.3 Å². The van der Waals surface area contributed by atoms with E-state index in [2.05, 4.69) is 25.5 Å². The summed E-state index contributed by atoms with van der Waals surface area (Å²) >= 11 is 1.27. The third-order valence-corrected chi connectivity index (χ3v) is 6.03. The summed E-state index contributed by atoms with van der Waals surface area (Å²) in [6.45, 7) is 2.48. The summed E-state index contributed by atoms with van der Waals surface area (Å²) in [4.78, 5) is 37.3. The highest BCUT2D eigenvalue weighted by Gasteiger charge is 2.19. The van der Waals surface area contributed by atoms with Crippen molar-refractivity contribution in [3.05, 3.63) is 70.1 Å². The number of aryl methyl sites for hydroxylation is 1. The van der Waals surface area contributed by atoms with Gasteiger partial charge in [0, 0.05) is 24.5 Å². The zero-order valence-electron chi connectivity index (χ0n) is 18.1. The van der Waals surface area contributed by atoms with Crippen LogP contribution in [-0.4, -0.2) is 35.6 Å².